The number of hydrogen-bond donors (Lipinski definition) is 2. The predicted octanol–water partition coefficient (Wildman–Crippen LogP) is 2.03. The van der Waals surface area contributed by atoms with E-state index in [0.29, 0.717) is 17.9 Å². The summed E-state index contributed by atoms with van der Waals surface area (Å²) in [6.45, 7) is 0.231. The third kappa shape index (κ3) is 4.09. The molecule has 1 amide bonds. The van der Waals surface area contributed by atoms with Crippen molar-refractivity contribution in [1.82, 2.24) is 5.32 Å². The first-order chi connectivity index (χ1) is 10.2. The van der Waals surface area contributed by atoms with Gasteiger partial charge in [-0.25, -0.2) is 0 Å². The number of benzene rings is 1. The van der Waals surface area contributed by atoms with Crippen LogP contribution < -0.4 is 10.1 Å². The van der Waals surface area contributed by atoms with Crippen LogP contribution in [0, 0.1) is 11.8 Å². The molecule has 21 heavy (non-hydrogen) atoms. The standard InChI is InChI=1S/C16H15NO3S/c1-20-14-6-2-4-13(10-14)16(19)17-11-15-12(5-3-8-18)7-9-21-15/h2,4,6-7,9-10,18H,8,11H2,1H3,(H,17,19). The largest absolute Gasteiger partial charge is 0.497 e. The molecule has 0 unspecified atom stereocenters. The third-order valence-electron chi connectivity index (χ3n) is 2.79. The highest BCUT2D eigenvalue weighted by molar-refractivity contribution is 7.10. The molecule has 0 atom stereocenters. The maximum absolute atomic E-state index is 12.1. The molecule has 4 nitrogen and oxygen atoms in total. The zero-order valence-corrected chi connectivity index (χ0v) is 12.4. The van der Waals surface area contributed by atoms with Crippen molar-refractivity contribution >= 4 is 17.2 Å². The lowest BCUT2D eigenvalue weighted by Crippen LogP contribution is -2.22. The van der Waals surface area contributed by atoms with Gasteiger partial charge in [0.25, 0.3) is 5.91 Å². The van der Waals surface area contributed by atoms with E-state index >= 15 is 0 Å². The lowest BCUT2D eigenvalue weighted by atomic mass is 10.2. The first kappa shape index (κ1) is 15.1. The third-order valence-corrected chi connectivity index (χ3v) is 3.71. The van der Waals surface area contributed by atoms with Crippen molar-refractivity contribution < 1.29 is 14.6 Å². The first-order valence-electron chi connectivity index (χ1n) is 6.33. The van der Waals surface area contributed by atoms with E-state index in [9.17, 15) is 4.79 Å². The summed E-state index contributed by atoms with van der Waals surface area (Å²) in [6, 6.07) is 8.87. The molecule has 0 spiro atoms. The van der Waals surface area contributed by atoms with E-state index < -0.39 is 0 Å². The van der Waals surface area contributed by atoms with E-state index in [4.69, 9.17) is 9.84 Å². The number of carbonyl (C=O) groups is 1. The van der Waals surface area contributed by atoms with E-state index in [2.05, 4.69) is 17.2 Å². The Morgan fingerprint density at radius 2 is 2.29 bits per heavy atom. The van der Waals surface area contributed by atoms with E-state index in [1.165, 1.54) is 11.3 Å². The van der Waals surface area contributed by atoms with Gasteiger partial charge in [0.05, 0.1) is 13.7 Å². The Balaban J connectivity index is 2.02. The minimum absolute atomic E-state index is 0.164. The lowest BCUT2D eigenvalue weighted by molar-refractivity contribution is 0.0951. The molecule has 0 radical (unpaired) electrons. The molecule has 0 aliphatic carbocycles. The summed E-state index contributed by atoms with van der Waals surface area (Å²) in [5, 5.41) is 13.5. The van der Waals surface area contributed by atoms with Crippen LogP contribution in [0.3, 0.4) is 0 Å². The van der Waals surface area contributed by atoms with Crippen molar-refractivity contribution in [3.8, 4) is 17.6 Å². The molecule has 1 aromatic heterocycles. The highest BCUT2D eigenvalue weighted by Crippen LogP contribution is 2.16. The fourth-order valence-electron chi connectivity index (χ4n) is 1.75. The molecule has 2 N–H and O–H groups in total. The summed E-state index contributed by atoms with van der Waals surface area (Å²) in [7, 11) is 1.56. The van der Waals surface area contributed by atoms with Crippen LogP contribution in [-0.4, -0.2) is 24.7 Å². The quantitative estimate of drug-likeness (QED) is 0.850. The zero-order valence-electron chi connectivity index (χ0n) is 11.6. The first-order valence-corrected chi connectivity index (χ1v) is 7.21. The Bertz CT molecular complexity index is 682. The molecule has 0 aliphatic heterocycles. The summed E-state index contributed by atoms with van der Waals surface area (Å²) in [5.41, 5.74) is 1.38. The van der Waals surface area contributed by atoms with Gasteiger partial charge in [-0.3, -0.25) is 4.79 Å². The Hall–Kier alpha value is -2.29. The summed E-state index contributed by atoms with van der Waals surface area (Å²) in [4.78, 5) is 13.1. The van der Waals surface area contributed by atoms with Crippen LogP contribution in [0.15, 0.2) is 35.7 Å². The average molecular weight is 301 g/mol. The highest BCUT2D eigenvalue weighted by Gasteiger charge is 2.08. The van der Waals surface area contributed by atoms with E-state index in [1.807, 2.05) is 11.4 Å². The molecule has 5 heteroatoms. The van der Waals surface area contributed by atoms with Gasteiger partial charge in [0.15, 0.2) is 0 Å². The molecular formula is C16H15NO3S. The Labute approximate surface area is 127 Å². The van der Waals surface area contributed by atoms with Gasteiger partial charge >= 0.3 is 0 Å². The number of carbonyl (C=O) groups excluding carboxylic acids is 1. The second-order valence-electron chi connectivity index (χ2n) is 4.13. The smallest absolute Gasteiger partial charge is 0.251 e. The van der Waals surface area contributed by atoms with E-state index in [0.717, 1.165) is 10.4 Å². The topological polar surface area (TPSA) is 58.6 Å². The van der Waals surface area contributed by atoms with Gasteiger partial charge in [0.2, 0.25) is 0 Å². The highest BCUT2D eigenvalue weighted by atomic mass is 32.1. The number of nitrogens with one attached hydrogen (secondary N) is 1. The minimum atomic E-state index is -0.175. The van der Waals surface area contributed by atoms with Gasteiger partial charge in [0, 0.05) is 16.0 Å². The average Bonchev–Trinajstić information content (AvgIpc) is 2.98. The van der Waals surface area contributed by atoms with Crippen LogP contribution >= 0.6 is 11.3 Å². The Morgan fingerprint density at radius 1 is 1.43 bits per heavy atom. The molecule has 1 heterocycles. The van der Waals surface area contributed by atoms with Crippen LogP contribution in [-0.2, 0) is 6.54 Å². The van der Waals surface area contributed by atoms with Crippen LogP contribution in [0.1, 0.15) is 20.8 Å². The van der Waals surface area contributed by atoms with Crippen LogP contribution in [0.2, 0.25) is 0 Å². The molecule has 0 fully saturated rings. The molecule has 0 saturated heterocycles. The monoisotopic (exact) mass is 301 g/mol. The summed E-state index contributed by atoms with van der Waals surface area (Å²) >= 11 is 1.52. The molecule has 1 aromatic carbocycles. The minimum Gasteiger partial charge on any atom is -0.497 e. The van der Waals surface area contributed by atoms with Crippen molar-refractivity contribution in [1.29, 1.82) is 0 Å². The van der Waals surface area contributed by atoms with Gasteiger partial charge < -0.3 is 15.2 Å². The van der Waals surface area contributed by atoms with Gasteiger partial charge in [-0.1, -0.05) is 17.9 Å². The number of rotatable bonds is 4. The molecule has 2 aromatic rings. The maximum atomic E-state index is 12.1. The van der Waals surface area contributed by atoms with Gasteiger partial charge in [-0.15, -0.1) is 11.3 Å². The Morgan fingerprint density at radius 3 is 3.05 bits per heavy atom. The van der Waals surface area contributed by atoms with Crippen molar-refractivity contribution in [2.45, 2.75) is 6.54 Å². The molecule has 0 aliphatic rings. The second kappa shape index (κ2) is 7.48. The van der Waals surface area contributed by atoms with Crippen molar-refractivity contribution in [3.63, 3.8) is 0 Å². The fourth-order valence-corrected chi connectivity index (χ4v) is 2.52. The molecule has 0 saturated carbocycles. The summed E-state index contributed by atoms with van der Waals surface area (Å²) in [5.74, 6) is 5.96. The van der Waals surface area contributed by atoms with Crippen molar-refractivity contribution in [3.05, 3.63) is 51.7 Å². The van der Waals surface area contributed by atoms with Gasteiger partial charge in [0.1, 0.15) is 12.4 Å². The van der Waals surface area contributed by atoms with Crippen LogP contribution in [0.4, 0.5) is 0 Å². The SMILES string of the molecule is COc1cccc(C(=O)NCc2sccc2C#CCO)c1. The van der Waals surface area contributed by atoms with Crippen molar-refractivity contribution in [2.24, 2.45) is 0 Å². The van der Waals surface area contributed by atoms with Crippen LogP contribution in [0.25, 0.3) is 0 Å². The van der Waals surface area contributed by atoms with E-state index in [1.54, 1.807) is 31.4 Å². The van der Waals surface area contributed by atoms with Gasteiger partial charge in [-0.05, 0) is 29.6 Å². The van der Waals surface area contributed by atoms with Crippen LogP contribution in [0.5, 0.6) is 5.75 Å². The number of methoxy groups -OCH3 is 1. The lowest BCUT2D eigenvalue weighted by Gasteiger charge is -2.06. The predicted molar refractivity (Wildman–Crippen MR) is 82.4 cm³/mol. The fraction of sp³-hybridized carbons (Fsp3) is 0.188. The second-order valence-corrected chi connectivity index (χ2v) is 5.13. The number of ether oxygens (including phenoxy) is 1. The van der Waals surface area contributed by atoms with E-state index in [-0.39, 0.29) is 12.5 Å². The molecule has 108 valence electrons. The molecule has 2 rings (SSSR count). The maximum Gasteiger partial charge on any atom is 0.251 e. The summed E-state index contributed by atoms with van der Waals surface area (Å²) < 4.78 is 5.10. The number of thiophene rings is 1. The number of amides is 1. The number of aliphatic hydroxyl groups excluding tert-OH is 1. The van der Waals surface area contributed by atoms with Crippen molar-refractivity contribution in [2.75, 3.05) is 13.7 Å². The zero-order chi connectivity index (χ0) is 15.1. The molecule has 0 bridgehead atoms. The normalized spacial score (nSPS) is 9.62. The summed E-state index contributed by atoms with van der Waals surface area (Å²) in [6.07, 6.45) is 0. The van der Waals surface area contributed by atoms with Gasteiger partial charge in [-0.2, -0.15) is 0 Å². The molecular weight excluding hydrogens is 286 g/mol. The number of aliphatic hydroxyl groups is 1. The Kier molecular flexibility index (Phi) is 5.38. The number of hydrogen-bond acceptors (Lipinski definition) is 4.